The van der Waals surface area contributed by atoms with E-state index in [4.69, 9.17) is 16.1 Å². The molecule has 0 spiro atoms. The van der Waals surface area contributed by atoms with Crippen LogP contribution in [0.25, 0.3) is 11.4 Å². The van der Waals surface area contributed by atoms with Gasteiger partial charge >= 0.3 is 0 Å². The highest BCUT2D eigenvalue weighted by atomic mass is 35.5. The number of benzene rings is 2. The third kappa shape index (κ3) is 4.79. The quantitative estimate of drug-likeness (QED) is 0.567. The first-order chi connectivity index (χ1) is 14.6. The molecular formula is C22H22ClFN4O2. The normalized spacial score (nSPS) is 13.6. The second-order valence-electron chi connectivity index (χ2n) is 7.25. The summed E-state index contributed by atoms with van der Waals surface area (Å²) in [5.41, 5.74) is 1.80. The van der Waals surface area contributed by atoms with Crippen LogP contribution in [0, 0.1) is 5.82 Å². The van der Waals surface area contributed by atoms with Gasteiger partial charge in [-0.1, -0.05) is 22.8 Å². The number of nitrogens with zero attached hydrogens (tertiary/aromatic N) is 3. The van der Waals surface area contributed by atoms with Crippen molar-refractivity contribution in [3.05, 3.63) is 59.2 Å². The fourth-order valence-corrected chi connectivity index (χ4v) is 3.66. The molecule has 4 rings (SSSR count). The van der Waals surface area contributed by atoms with Crippen LogP contribution in [0.5, 0.6) is 0 Å². The van der Waals surface area contributed by atoms with E-state index in [-0.39, 0.29) is 18.0 Å². The molecule has 1 aliphatic heterocycles. The minimum absolute atomic E-state index is 0.229. The minimum Gasteiger partial charge on any atom is -0.370 e. The maximum absolute atomic E-state index is 14.4. The molecule has 2 heterocycles. The molecule has 156 valence electrons. The summed E-state index contributed by atoms with van der Waals surface area (Å²) in [7, 11) is 0. The molecular weight excluding hydrogens is 407 g/mol. The SMILES string of the molecule is O=C(CCCc1nc(-c2ccc(Cl)cc2)no1)Nc1c(F)cccc1N1CCCC1. The number of carbonyl (C=O) groups is 1. The van der Waals surface area contributed by atoms with Gasteiger partial charge in [0, 0.05) is 36.5 Å². The molecule has 0 atom stereocenters. The van der Waals surface area contributed by atoms with Crippen LogP contribution in [0.4, 0.5) is 15.8 Å². The van der Waals surface area contributed by atoms with Gasteiger partial charge in [0.1, 0.15) is 11.5 Å². The Morgan fingerprint density at radius 3 is 2.70 bits per heavy atom. The highest BCUT2D eigenvalue weighted by molar-refractivity contribution is 6.30. The van der Waals surface area contributed by atoms with Crippen LogP contribution in [-0.4, -0.2) is 29.1 Å². The Hall–Kier alpha value is -2.93. The van der Waals surface area contributed by atoms with Gasteiger partial charge in [-0.05, 0) is 55.7 Å². The minimum atomic E-state index is -0.419. The summed E-state index contributed by atoms with van der Waals surface area (Å²) >= 11 is 5.89. The monoisotopic (exact) mass is 428 g/mol. The number of nitrogens with one attached hydrogen (secondary N) is 1. The third-order valence-corrected chi connectivity index (χ3v) is 5.32. The maximum Gasteiger partial charge on any atom is 0.226 e. The fraction of sp³-hybridized carbons (Fsp3) is 0.318. The van der Waals surface area contributed by atoms with E-state index in [1.807, 2.05) is 18.2 Å². The molecule has 1 N–H and O–H groups in total. The third-order valence-electron chi connectivity index (χ3n) is 5.07. The zero-order valence-corrected chi connectivity index (χ0v) is 17.2. The van der Waals surface area contributed by atoms with E-state index in [0.29, 0.717) is 29.6 Å². The summed E-state index contributed by atoms with van der Waals surface area (Å²) in [6.45, 7) is 1.75. The molecule has 30 heavy (non-hydrogen) atoms. The van der Waals surface area contributed by atoms with Crippen molar-refractivity contribution in [2.45, 2.75) is 32.1 Å². The van der Waals surface area contributed by atoms with Crippen molar-refractivity contribution in [2.24, 2.45) is 0 Å². The highest BCUT2D eigenvalue weighted by Crippen LogP contribution is 2.31. The van der Waals surface area contributed by atoms with Crippen LogP contribution < -0.4 is 10.2 Å². The summed E-state index contributed by atoms with van der Waals surface area (Å²) < 4.78 is 19.6. The molecule has 0 aliphatic carbocycles. The molecule has 1 aromatic heterocycles. The van der Waals surface area contributed by atoms with Crippen LogP contribution in [0.1, 0.15) is 31.6 Å². The number of rotatable bonds is 7. The summed E-state index contributed by atoms with van der Waals surface area (Å²) in [5, 5.41) is 7.34. The molecule has 1 amide bonds. The molecule has 1 aliphatic rings. The number of aromatic nitrogens is 2. The van der Waals surface area contributed by atoms with Crippen LogP contribution in [-0.2, 0) is 11.2 Å². The van der Waals surface area contributed by atoms with Gasteiger partial charge in [0.05, 0.1) is 5.69 Å². The Bertz CT molecular complexity index is 1020. The molecule has 1 fully saturated rings. The molecule has 0 bridgehead atoms. The van der Waals surface area contributed by atoms with Gasteiger partial charge < -0.3 is 14.7 Å². The maximum atomic E-state index is 14.4. The molecule has 0 unspecified atom stereocenters. The second kappa shape index (κ2) is 9.26. The van der Waals surface area contributed by atoms with Crippen molar-refractivity contribution in [3.63, 3.8) is 0 Å². The highest BCUT2D eigenvalue weighted by Gasteiger charge is 2.19. The van der Waals surface area contributed by atoms with E-state index in [1.54, 1.807) is 18.2 Å². The molecule has 2 aromatic carbocycles. The first-order valence-electron chi connectivity index (χ1n) is 10.0. The lowest BCUT2D eigenvalue weighted by Gasteiger charge is -2.22. The first kappa shape index (κ1) is 20.3. The molecule has 6 nitrogen and oxygen atoms in total. The number of anilines is 2. The first-order valence-corrected chi connectivity index (χ1v) is 10.4. The van der Waals surface area contributed by atoms with E-state index >= 15 is 0 Å². The summed E-state index contributed by atoms with van der Waals surface area (Å²) in [6, 6.07) is 12.0. The van der Waals surface area contributed by atoms with Gasteiger partial charge in [-0.25, -0.2) is 4.39 Å². The van der Waals surface area contributed by atoms with E-state index in [0.717, 1.165) is 37.2 Å². The lowest BCUT2D eigenvalue weighted by molar-refractivity contribution is -0.116. The number of aryl methyl sites for hydroxylation is 1. The lowest BCUT2D eigenvalue weighted by Crippen LogP contribution is -2.22. The van der Waals surface area contributed by atoms with Crippen LogP contribution in [0.15, 0.2) is 47.0 Å². The van der Waals surface area contributed by atoms with Gasteiger partial charge in [-0.15, -0.1) is 0 Å². The Kier molecular flexibility index (Phi) is 6.28. The molecule has 0 saturated carbocycles. The Labute approximate surface area is 179 Å². The zero-order chi connectivity index (χ0) is 20.9. The fourth-order valence-electron chi connectivity index (χ4n) is 3.53. The van der Waals surface area contributed by atoms with Crippen LogP contribution in [0.2, 0.25) is 5.02 Å². The van der Waals surface area contributed by atoms with Crippen molar-refractivity contribution >= 4 is 28.9 Å². The average Bonchev–Trinajstić information content (AvgIpc) is 3.42. The van der Waals surface area contributed by atoms with E-state index in [9.17, 15) is 9.18 Å². The number of carbonyl (C=O) groups excluding carboxylic acids is 1. The molecule has 3 aromatic rings. The molecule has 0 radical (unpaired) electrons. The molecule has 8 heteroatoms. The summed E-state index contributed by atoms with van der Waals surface area (Å²) in [4.78, 5) is 18.9. The van der Waals surface area contributed by atoms with Gasteiger partial charge in [0.25, 0.3) is 0 Å². The topological polar surface area (TPSA) is 71.3 Å². The molecule has 1 saturated heterocycles. The van der Waals surface area contributed by atoms with Crippen molar-refractivity contribution in [2.75, 3.05) is 23.3 Å². The summed E-state index contributed by atoms with van der Waals surface area (Å²) in [5.74, 6) is 0.277. The number of para-hydroxylation sites is 1. The Balaban J connectivity index is 1.32. The van der Waals surface area contributed by atoms with Crippen molar-refractivity contribution < 1.29 is 13.7 Å². The van der Waals surface area contributed by atoms with Crippen molar-refractivity contribution in [3.8, 4) is 11.4 Å². The smallest absolute Gasteiger partial charge is 0.226 e. The largest absolute Gasteiger partial charge is 0.370 e. The van der Waals surface area contributed by atoms with E-state index < -0.39 is 5.82 Å². The predicted octanol–water partition coefficient (Wildman–Crippen LogP) is 5.09. The van der Waals surface area contributed by atoms with Gasteiger partial charge in [-0.3, -0.25) is 4.79 Å². The summed E-state index contributed by atoms with van der Waals surface area (Å²) in [6.07, 6.45) is 3.36. The van der Waals surface area contributed by atoms with Crippen LogP contribution in [0.3, 0.4) is 0 Å². The number of amides is 1. The standard InChI is InChI=1S/C22H22ClFN4O2/c23-16-11-9-15(10-12-16)22-26-20(30-27-22)8-4-7-19(29)25-21-17(24)5-3-6-18(21)28-13-1-2-14-28/h3,5-6,9-12H,1-2,4,7-8,13-14H2,(H,25,29). The van der Waals surface area contributed by atoms with Gasteiger partial charge in [0.2, 0.25) is 17.6 Å². The number of hydrogen-bond donors (Lipinski definition) is 1. The van der Waals surface area contributed by atoms with E-state index in [1.165, 1.54) is 6.07 Å². The van der Waals surface area contributed by atoms with Gasteiger partial charge in [0.15, 0.2) is 0 Å². The van der Waals surface area contributed by atoms with Gasteiger partial charge in [-0.2, -0.15) is 4.98 Å². The van der Waals surface area contributed by atoms with Crippen molar-refractivity contribution in [1.29, 1.82) is 0 Å². The Morgan fingerprint density at radius 1 is 1.17 bits per heavy atom. The Morgan fingerprint density at radius 2 is 1.93 bits per heavy atom. The lowest BCUT2D eigenvalue weighted by atomic mass is 10.2. The predicted molar refractivity (Wildman–Crippen MR) is 114 cm³/mol. The van der Waals surface area contributed by atoms with E-state index in [2.05, 4.69) is 20.4 Å². The van der Waals surface area contributed by atoms with Crippen molar-refractivity contribution in [1.82, 2.24) is 10.1 Å². The zero-order valence-electron chi connectivity index (χ0n) is 16.4. The van der Waals surface area contributed by atoms with Crippen LogP contribution >= 0.6 is 11.6 Å². The average molecular weight is 429 g/mol. The number of halogens is 2. The number of hydrogen-bond acceptors (Lipinski definition) is 5. The second-order valence-corrected chi connectivity index (χ2v) is 7.68.